The molecule has 0 spiro atoms. The van der Waals surface area contributed by atoms with Gasteiger partial charge in [0.25, 0.3) is 0 Å². The van der Waals surface area contributed by atoms with Crippen molar-refractivity contribution >= 4 is 11.3 Å². The van der Waals surface area contributed by atoms with Crippen LogP contribution in [-0.2, 0) is 0 Å². The van der Waals surface area contributed by atoms with Crippen LogP contribution in [0.5, 0.6) is 5.75 Å². The number of nitrogens with one attached hydrogen (secondary N) is 1. The van der Waals surface area contributed by atoms with E-state index in [9.17, 15) is 0 Å². The third-order valence-corrected chi connectivity index (χ3v) is 2.77. The van der Waals surface area contributed by atoms with Crippen LogP contribution in [-0.4, -0.2) is 12.6 Å². The zero-order chi connectivity index (χ0) is 11.5. The van der Waals surface area contributed by atoms with E-state index in [-0.39, 0.29) is 0 Å². The summed E-state index contributed by atoms with van der Waals surface area (Å²) in [5, 5.41) is 3.44. The Hall–Kier alpha value is -1.44. The number of allylic oxidation sites excluding steroid dienone is 1. The van der Waals surface area contributed by atoms with E-state index < -0.39 is 0 Å². The van der Waals surface area contributed by atoms with Crippen LogP contribution in [0.4, 0.5) is 5.69 Å². The van der Waals surface area contributed by atoms with Gasteiger partial charge in [0.2, 0.25) is 0 Å². The second-order valence-electron chi connectivity index (χ2n) is 4.34. The van der Waals surface area contributed by atoms with Gasteiger partial charge >= 0.3 is 0 Å². The minimum atomic E-state index is 0.412. The number of fused-ring (bicyclic) bond motifs is 1. The molecule has 16 heavy (non-hydrogen) atoms. The van der Waals surface area contributed by atoms with Gasteiger partial charge in [0.15, 0.2) is 0 Å². The van der Waals surface area contributed by atoms with Crippen LogP contribution >= 0.6 is 0 Å². The lowest BCUT2D eigenvalue weighted by atomic mass is 9.98. The summed E-state index contributed by atoms with van der Waals surface area (Å²) in [5.74, 6) is 0.963. The zero-order valence-electron chi connectivity index (χ0n) is 10.2. The predicted octanol–water partition coefficient (Wildman–Crippen LogP) is 3.69. The van der Waals surface area contributed by atoms with Crippen LogP contribution in [0.3, 0.4) is 0 Å². The van der Waals surface area contributed by atoms with Crippen molar-refractivity contribution in [1.82, 2.24) is 0 Å². The smallest absolute Gasteiger partial charge is 0.120 e. The van der Waals surface area contributed by atoms with E-state index in [2.05, 4.69) is 44.3 Å². The molecular weight excluding hydrogens is 198 g/mol. The van der Waals surface area contributed by atoms with Crippen LogP contribution < -0.4 is 10.1 Å². The van der Waals surface area contributed by atoms with Gasteiger partial charge in [-0.25, -0.2) is 0 Å². The summed E-state index contributed by atoms with van der Waals surface area (Å²) in [6.07, 6.45) is 3.28. The number of hydrogen-bond donors (Lipinski definition) is 1. The average molecular weight is 217 g/mol. The Morgan fingerprint density at radius 1 is 1.38 bits per heavy atom. The minimum Gasteiger partial charge on any atom is -0.494 e. The first-order valence-electron chi connectivity index (χ1n) is 5.93. The highest BCUT2D eigenvalue weighted by molar-refractivity contribution is 5.79. The van der Waals surface area contributed by atoms with E-state index in [4.69, 9.17) is 4.74 Å². The lowest BCUT2D eigenvalue weighted by Crippen LogP contribution is -2.17. The molecule has 1 aromatic rings. The van der Waals surface area contributed by atoms with Crippen LogP contribution in [0.15, 0.2) is 24.3 Å². The molecule has 86 valence electrons. The fourth-order valence-electron chi connectivity index (χ4n) is 2.04. The first kappa shape index (κ1) is 11.1. The highest BCUT2D eigenvalue weighted by Crippen LogP contribution is 2.32. The topological polar surface area (TPSA) is 21.3 Å². The molecule has 0 amide bonds. The number of anilines is 1. The Labute approximate surface area is 97.3 Å². The fraction of sp³-hybridized carbons (Fsp3) is 0.429. The Bertz CT molecular complexity index is 409. The summed E-state index contributed by atoms with van der Waals surface area (Å²) in [5.41, 5.74) is 3.78. The van der Waals surface area contributed by atoms with Crippen LogP contribution in [0, 0.1) is 0 Å². The van der Waals surface area contributed by atoms with Crippen molar-refractivity contribution in [3.8, 4) is 5.75 Å². The number of hydrogen-bond acceptors (Lipinski definition) is 2. The molecule has 1 atom stereocenters. The van der Waals surface area contributed by atoms with Gasteiger partial charge in [0.1, 0.15) is 5.75 Å². The van der Waals surface area contributed by atoms with Crippen molar-refractivity contribution in [2.75, 3.05) is 11.9 Å². The van der Waals surface area contributed by atoms with Gasteiger partial charge in [0.05, 0.1) is 6.61 Å². The predicted molar refractivity (Wildman–Crippen MR) is 69.0 cm³/mol. The van der Waals surface area contributed by atoms with Gasteiger partial charge in [-0.05, 0) is 44.0 Å². The average Bonchev–Trinajstić information content (AvgIpc) is 2.26. The molecular formula is C14H19NO. The molecule has 2 nitrogen and oxygen atoms in total. The first-order valence-corrected chi connectivity index (χ1v) is 5.93. The SMILES string of the molecule is CCCOc1ccc2c(c1)C(C)=CC(C)N2. The summed E-state index contributed by atoms with van der Waals surface area (Å²) < 4.78 is 5.64. The Morgan fingerprint density at radius 3 is 2.94 bits per heavy atom. The lowest BCUT2D eigenvalue weighted by Gasteiger charge is -2.23. The monoisotopic (exact) mass is 217 g/mol. The van der Waals surface area contributed by atoms with E-state index in [0.717, 1.165) is 18.8 Å². The summed E-state index contributed by atoms with van der Waals surface area (Å²) in [6, 6.07) is 6.67. The number of benzene rings is 1. The summed E-state index contributed by atoms with van der Waals surface area (Å²) in [6.45, 7) is 7.21. The normalized spacial score (nSPS) is 18.4. The maximum Gasteiger partial charge on any atom is 0.120 e. The van der Waals surface area contributed by atoms with E-state index in [0.29, 0.717) is 6.04 Å². The molecule has 0 aliphatic carbocycles. The molecule has 0 aromatic heterocycles. The molecule has 0 saturated heterocycles. The highest BCUT2D eigenvalue weighted by atomic mass is 16.5. The van der Waals surface area contributed by atoms with Crippen molar-refractivity contribution in [1.29, 1.82) is 0 Å². The van der Waals surface area contributed by atoms with Gasteiger partial charge in [-0.15, -0.1) is 0 Å². The Balaban J connectivity index is 2.27. The molecule has 0 saturated carbocycles. The zero-order valence-corrected chi connectivity index (χ0v) is 10.2. The number of ether oxygens (including phenoxy) is 1. The maximum absolute atomic E-state index is 5.64. The van der Waals surface area contributed by atoms with Crippen LogP contribution in [0.25, 0.3) is 5.57 Å². The third kappa shape index (κ3) is 2.21. The van der Waals surface area contributed by atoms with Crippen molar-refractivity contribution in [3.63, 3.8) is 0 Å². The van der Waals surface area contributed by atoms with Gasteiger partial charge in [-0.3, -0.25) is 0 Å². The van der Waals surface area contributed by atoms with Crippen molar-refractivity contribution < 1.29 is 4.74 Å². The molecule has 1 N–H and O–H groups in total. The molecule has 0 bridgehead atoms. The van der Waals surface area contributed by atoms with Gasteiger partial charge in [0, 0.05) is 17.3 Å². The van der Waals surface area contributed by atoms with Crippen molar-refractivity contribution in [3.05, 3.63) is 29.8 Å². The van der Waals surface area contributed by atoms with Crippen molar-refractivity contribution in [2.24, 2.45) is 0 Å². The molecule has 0 radical (unpaired) electrons. The lowest BCUT2D eigenvalue weighted by molar-refractivity contribution is 0.317. The van der Waals surface area contributed by atoms with Crippen molar-refractivity contribution in [2.45, 2.75) is 33.2 Å². The fourth-order valence-corrected chi connectivity index (χ4v) is 2.04. The third-order valence-electron chi connectivity index (χ3n) is 2.77. The Morgan fingerprint density at radius 2 is 2.19 bits per heavy atom. The highest BCUT2D eigenvalue weighted by Gasteiger charge is 2.13. The largest absolute Gasteiger partial charge is 0.494 e. The molecule has 1 aromatic carbocycles. The second-order valence-corrected chi connectivity index (χ2v) is 4.34. The summed E-state index contributed by atoms with van der Waals surface area (Å²) >= 11 is 0. The molecule has 2 heteroatoms. The van der Waals surface area contributed by atoms with Gasteiger partial charge < -0.3 is 10.1 Å². The van der Waals surface area contributed by atoms with E-state index in [1.165, 1.54) is 16.8 Å². The summed E-state index contributed by atoms with van der Waals surface area (Å²) in [7, 11) is 0. The van der Waals surface area contributed by atoms with Gasteiger partial charge in [-0.2, -0.15) is 0 Å². The quantitative estimate of drug-likeness (QED) is 0.833. The first-order chi connectivity index (χ1) is 7.70. The molecule has 1 aliphatic rings. The van der Waals surface area contributed by atoms with Gasteiger partial charge in [-0.1, -0.05) is 13.0 Å². The van der Waals surface area contributed by atoms with E-state index in [1.54, 1.807) is 0 Å². The molecule has 0 fully saturated rings. The maximum atomic E-state index is 5.64. The van der Waals surface area contributed by atoms with E-state index >= 15 is 0 Å². The van der Waals surface area contributed by atoms with E-state index in [1.807, 2.05) is 6.07 Å². The molecule has 2 rings (SSSR count). The van der Waals surface area contributed by atoms with Crippen LogP contribution in [0.1, 0.15) is 32.8 Å². The minimum absolute atomic E-state index is 0.412. The molecule has 1 unspecified atom stereocenters. The second kappa shape index (κ2) is 4.60. The number of rotatable bonds is 3. The standard InChI is InChI=1S/C14H19NO/c1-4-7-16-12-5-6-14-13(9-12)10(2)8-11(3)15-14/h5-6,8-9,11,15H,4,7H2,1-3H3. The Kier molecular flexibility index (Phi) is 3.18. The summed E-state index contributed by atoms with van der Waals surface area (Å²) in [4.78, 5) is 0. The van der Waals surface area contributed by atoms with Crippen LogP contribution in [0.2, 0.25) is 0 Å². The molecule has 1 aliphatic heterocycles. The molecule has 1 heterocycles.